The molecule has 0 N–H and O–H groups in total. The van der Waals surface area contributed by atoms with Crippen LogP contribution < -0.4 is 9.84 Å². The monoisotopic (exact) mass is 253 g/mol. The SMILES string of the molecule is O=C([O-])/C=C\c1ccc(OCc2ccccc2)cc1. The third-order valence-corrected chi connectivity index (χ3v) is 2.54. The van der Waals surface area contributed by atoms with Gasteiger partial charge < -0.3 is 14.6 Å². The molecule has 0 fully saturated rings. The van der Waals surface area contributed by atoms with Crippen molar-refractivity contribution in [2.45, 2.75) is 6.61 Å². The van der Waals surface area contributed by atoms with Gasteiger partial charge >= 0.3 is 0 Å². The summed E-state index contributed by atoms with van der Waals surface area (Å²) >= 11 is 0. The Kier molecular flexibility index (Phi) is 4.34. The molecule has 19 heavy (non-hydrogen) atoms. The van der Waals surface area contributed by atoms with Crippen LogP contribution in [0.1, 0.15) is 11.1 Å². The average molecular weight is 253 g/mol. The summed E-state index contributed by atoms with van der Waals surface area (Å²) in [5, 5.41) is 10.3. The highest BCUT2D eigenvalue weighted by Crippen LogP contribution is 2.14. The fraction of sp³-hybridized carbons (Fsp3) is 0.0625. The van der Waals surface area contributed by atoms with Crippen molar-refractivity contribution < 1.29 is 14.6 Å². The predicted molar refractivity (Wildman–Crippen MR) is 71.3 cm³/mol. The molecule has 0 aliphatic carbocycles. The number of benzene rings is 2. The van der Waals surface area contributed by atoms with Gasteiger partial charge in [-0.3, -0.25) is 0 Å². The number of hydrogen-bond acceptors (Lipinski definition) is 3. The highest BCUT2D eigenvalue weighted by atomic mass is 16.5. The summed E-state index contributed by atoms with van der Waals surface area (Å²) in [4.78, 5) is 10.3. The lowest BCUT2D eigenvalue weighted by atomic mass is 10.2. The maximum absolute atomic E-state index is 10.3. The lowest BCUT2D eigenvalue weighted by Crippen LogP contribution is -2.18. The van der Waals surface area contributed by atoms with Gasteiger partial charge in [0.1, 0.15) is 12.4 Å². The molecule has 0 radical (unpaired) electrons. The highest BCUT2D eigenvalue weighted by molar-refractivity contribution is 5.83. The van der Waals surface area contributed by atoms with Gasteiger partial charge in [-0.25, -0.2) is 0 Å². The molecular weight excluding hydrogens is 240 g/mol. The van der Waals surface area contributed by atoms with Gasteiger partial charge in [-0.1, -0.05) is 48.5 Å². The van der Waals surface area contributed by atoms with Crippen LogP contribution in [0.5, 0.6) is 5.75 Å². The molecule has 96 valence electrons. The van der Waals surface area contributed by atoms with E-state index in [4.69, 9.17) is 4.74 Å². The van der Waals surface area contributed by atoms with Crippen LogP contribution in [0.15, 0.2) is 60.7 Å². The number of carbonyl (C=O) groups excluding carboxylic acids is 1. The number of carboxylic acid groups (broad SMARTS) is 1. The molecule has 0 saturated heterocycles. The van der Waals surface area contributed by atoms with Gasteiger partial charge in [-0.05, 0) is 29.3 Å². The van der Waals surface area contributed by atoms with Crippen molar-refractivity contribution in [1.82, 2.24) is 0 Å². The van der Waals surface area contributed by atoms with E-state index in [-0.39, 0.29) is 0 Å². The summed E-state index contributed by atoms with van der Waals surface area (Å²) in [5.74, 6) is -0.459. The van der Waals surface area contributed by atoms with Gasteiger partial charge in [0.25, 0.3) is 0 Å². The maximum atomic E-state index is 10.3. The highest BCUT2D eigenvalue weighted by Gasteiger charge is 1.95. The van der Waals surface area contributed by atoms with Crippen molar-refractivity contribution in [1.29, 1.82) is 0 Å². The zero-order chi connectivity index (χ0) is 13.5. The van der Waals surface area contributed by atoms with Crippen molar-refractivity contribution in [2.24, 2.45) is 0 Å². The van der Waals surface area contributed by atoms with Gasteiger partial charge in [0, 0.05) is 0 Å². The topological polar surface area (TPSA) is 49.4 Å². The minimum Gasteiger partial charge on any atom is -0.545 e. The molecule has 0 unspecified atom stereocenters. The molecule has 2 aromatic carbocycles. The van der Waals surface area contributed by atoms with Crippen LogP contribution in [-0.4, -0.2) is 5.97 Å². The molecule has 0 aliphatic heterocycles. The number of rotatable bonds is 5. The maximum Gasteiger partial charge on any atom is 0.119 e. The summed E-state index contributed by atoms with van der Waals surface area (Å²) in [6.45, 7) is 0.509. The van der Waals surface area contributed by atoms with E-state index in [9.17, 15) is 9.90 Å². The Morgan fingerprint density at radius 3 is 2.37 bits per heavy atom. The van der Waals surface area contributed by atoms with Crippen LogP contribution in [0.25, 0.3) is 6.08 Å². The average Bonchev–Trinajstić information content (AvgIpc) is 2.45. The second-order valence-electron chi connectivity index (χ2n) is 4.00. The molecule has 0 heterocycles. The van der Waals surface area contributed by atoms with E-state index in [0.29, 0.717) is 6.61 Å². The second-order valence-corrected chi connectivity index (χ2v) is 4.00. The number of ether oxygens (including phenoxy) is 1. The van der Waals surface area contributed by atoms with E-state index >= 15 is 0 Å². The predicted octanol–water partition coefficient (Wildman–Crippen LogP) is 2.03. The third kappa shape index (κ3) is 4.32. The van der Waals surface area contributed by atoms with E-state index in [1.165, 1.54) is 6.08 Å². The Labute approximate surface area is 111 Å². The first-order chi connectivity index (χ1) is 9.24. The molecule has 2 rings (SSSR count). The van der Waals surface area contributed by atoms with E-state index < -0.39 is 5.97 Å². The zero-order valence-corrected chi connectivity index (χ0v) is 10.3. The summed E-state index contributed by atoms with van der Waals surface area (Å²) in [5.41, 5.74) is 1.89. The normalized spacial score (nSPS) is 10.5. The summed E-state index contributed by atoms with van der Waals surface area (Å²) in [7, 11) is 0. The minimum atomic E-state index is -1.20. The molecule has 3 nitrogen and oxygen atoms in total. The number of aliphatic carboxylic acids is 1. The molecule has 0 aliphatic rings. The summed E-state index contributed by atoms with van der Waals surface area (Å²) in [6.07, 6.45) is 2.48. The van der Waals surface area contributed by atoms with E-state index in [1.807, 2.05) is 30.3 Å². The van der Waals surface area contributed by atoms with Gasteiger partial charge in [-0.2, -0.15) is 0 Å². The van der Waals surface area contributed by atoms with Gasteiger partial charge in [0.05, 0.1) is 5.97 Å². The quantitative estimate of drug-likeness (QED) is 0.766. The second kappa shape index (κ2) is 6.40. The van der Waals surface area contributed by atoms with E-state index in [1.54, 1.807) is 24.3 Å². The van der Waals surface area contributed by atoms with Crippen LogP contribution in [0, 0.1) is 0 Å². The Morgan fingerprint density at radius 1 is 1.05 bits per heavy atom. The lowest BCUT2D eigenvalue weighted by Gasteiger charge is -2.06. The fourth-order valence-electron chi connectivity index (χ4n) is 1.58. The molecule has 0 spiro atoms. The minimum absolute atomic E-state index is 0.509. The van der Waals surface area contributed by atoms with Crippen LogP contribution in [0.4, 0.5) is 0 Å². The van der Waals surface area contributed by atoms with Crippen LogP contribution in [-0.2, 0) is 11.4 Å². The van der Waals surface area contributed by atoms with Gasteiger partial charge in [-0.15, -0.1) is 0 Å². The Bertz CT molecular complexity index is 556. The van der Waals surface area contributed by atoms with Crippen LogP contribution >= 0.6 is 0 Å². The first-order valence-electron chi connectivity index (χ1n) is 5.90. The lowest BCUT2D eigenvalue weighted by molar-refractivity contribution is -0.297. The van der Waals surface area contributed by atoms with Crippen molar-refractivity contribution in [3.63, 3.8) is 0 Å². The first-order valence-corrected chi connectivity index (χ1v) is 5.90. The number of carbonyl (C=O) groups is 1. The molecular formula is C16H13O3-. The Hall–Kier alpha value is -2.55. The van der Waals surface area contributed by atoms with Crippen molar-refractivity contribution in [3.05, 3.63) is 71.8 Å². The zero-order valence-electron chi connectivity index (χ0n) is 10.3. The molecule has 0 aromatic heterocycles. The molecule has 3 heteroatoms. The fourth-order valence-corrected chi connectivity index (χ4v) is 1.58. The largest absolute Gasteiger partial charge is 0.545 e. The van der Waals surface area contributed by atoms with Gasteiger partial charge in [0.2, 0.25) is 0 Å². The Morgan fingerprint density at radius 2 is 1.74 bits per heavy atom. The van der Waals surface area contributed by atoms with E-state index in [2.05, 4.69) is 0 Å². The summed E-state index contributed by atoms with van der Waals surface area (Å²) in [6, 6.07) is 17.1. The standard InChI is InChI=1S/C16H14O3/c17-16(18)11-8-13-6-9-15(10-7-13)19-12-14-4-2-1-3-5-14/h1-11H,12H2,(H,17,18)/p-1/b11-8-. The molecule has 0 bridgehead atoms. The van der Waals surface area contributed by atoms with E-state index in [0.717, 1.165) is 23.0 Å². The summed E-state index contributed by atoms with van der Waals surface area (Å²) < 4.78 is 5.62. The van der Waals surface area contributed by atoms with Crippen molar-refractivity contribution in [3.8, 4) is 5.75 Å². The molecule has 0 atom stereocenters. The molecule has 0 saturated carbocycles. The molecule has 0 amide bonds. The van der Waals surface area contributed by atoms with Crippen LogP contribution in [0.3, 0.4) is 0 Å². The van der Waals surface area contributed by atoms with Gasteiger partial charge in [0.15, 0.2) is 0 Å². The third-order valence-electron chi connectivity index (χ3n) is 2.54. The smallest absolute Gasteiger partial charge is 0.119 e. The Balaban J connectivity index is 1.94. The first kappa shape index (κ1) is 12.9. The number of hydrogen-bond donors (Lipinski definition) is 0. The van der Waals surface area contributed by atoms with Crippen molar-refractivity contribution in [2.75, 3.05) is 0 Å². The molecule has 2 aromatic rings. The number of carboxylic acids is 1. The van der Waals surface area contributed by atoms with Crippen LogP contribution in [0.2, 0.25) is 0 Å². The van der Waals surface area contributed by atoms with Crippen molar-refractivity contribution >= 4 is 12.0 Å².